The molecule has 2 nitrogen and oxygen atoms in total. The summed E-state index contributed by atoms with van der Waals surface area (Å²) >= 11 is 12.4. The van der Waals surface area contributed by atoms with Crippen LogP contribution in [-0.2, 0) is 4.84 Å². The number of nitrogens with one attached hydrogen (secondary N) is 1. The summed E-state index contributed by atoms with van der Waals surface area (Å²) in [5.74, 6) is 0. The SMILES string of the molecule is CCC(ONc1ccccc1)c1c(Cl)cccc1Cl. The van der Waals surface area contributed by atoms with E-state index in [4.69, 9.17) is 28.0 Å². The van der Waals surface area contributed by atoms with Gasteiger partial charge in [0.25, 0.3) is 0 Å². The van der Waals surface area contributed by atoms with Crippen molar-refractivity contribution >= 4 is 28.9 Å². The van der Waals surface area contributed by atoms with Crippen LogP contribution >= 0.6 is 23.2 Å². The topological polar surface area (TPSA) is 21.3 Å². The summed E-state index contributed by atoms with van der Waals surface area (Å²) in [6.07, 6.45) is 0.574. The Morgan fingerprint density at radius 3 is 2.21 bits per heavy atom. The molecule has 0 aliphatic carbocycles. The van der Waals surface area contributed by atoms with Gasteiger partial charge in [-0.2, -0.15) is 0 Å². The van der Waals surface area contributed by atoms with E-state index >= 15 is 0 Å². The highest BCUT2D eigenvalue weighted by molar-refractivity contribution is 6.36. The van der Waals surface area contributed by atoms with Crippen LogP contribution in [-0.4, -0.2) is 0 Å². The van der Waals surface area contributed by atoms with Gasteiger partial charge in [-0.05, 0) is 30.7 Å². The normalized spacial score (nSPS) is 12.2. The number of rotatable bonds is 5. The van der Waals surface area contributed by atoms with Crippen molar-refractivity contribution in [3.05, 3.63) is 64.1 Å². The summed E-state index contributed by atoms with van der Waals surface area (Å²) in [4.78, 5) is 5.71. The highest BCUT2D eigenvalue weighted by Gasteiger charge is 2.17. The first-order valence-corrected chi connectivity index (χ1v) is 6.88. The highest BCUT2D eigenvalue weighted by Crippen LogP contribution is 2.34. The zero-order valence-electron chi connectivity index (χ0n) is 10.6. The molecule has 0 radical (unpaired) electrons. The molecule has 4 heteroatoms. The number of benzene rings is 2. The van der Waals surface area contributed by atoms with Crippen LogP contribution in [0.3, 0.4) is 0 Å². The minimum absolute atomic E-state index is 0.193. The van der Waals surface area contributed by atoms with Crippen LogP contribution in [0.15, 0.2) is 48.5 Å². The second kappa shape index (κ2) is 6.80. The fraction of sp³-hybridized carbons (Fsp3) is 0.200. The number of hydrogen-bond acceptors (Lipinski definition) is 2. The van der Waals surface area contributed by atoms with Crippen molar-refractivity contribution in [1.82, 2.24) is 0 Å². The van der Waals surface area contributed by atoms with E-state index in [-0.39, 0.29) is 6.10 Å². The summed E-state index contributed by atoms with van der Waals surface area (Å²) < 4.78 is 0. The third-order valence-electron chi connectivity index (χ3n) is 2.79. The van der Waals surface area contributed by atoms with E-state index in [0.717, 1.165) is 17.7 Å². The monoisotopic (exact) mass is 295 g/mol. The molecule has 19 heavy (non-hydrogen) atoms. The van der Waals surface area contributed by atoms with Crippen molar-refractivity contribution < 1.29 is 4.84 Å². The van der Waals surface area contributed by atoms with Crippen LogP contribution in [0.2, 0.25) is 10.0 Å². The van der Waals surface area contributed by atoms with Gasteiger partial charge in [0.05, 0.1) is 5.69 Å². The van der Waals surface area contributed by atoms with E-state index < -0.39 is 0 Å². The Balaban J connectivity index is 2.12. The number of hydrogen-bond donors (Lipinski definition) is 1. The Labute approximate surface area is 123 Å². The molecule has 0 aliphatic heterocycles. The largest absolute Gasteiger partial charge is 0.268 e. The van der Waals surface area contributed by atoms with Crippen LogP contribution in [0.5, 0.6) is 0 Å². The Morgan fingerprint density at radius 1 is 1.00 bits per heavy atom. The fourth-order valence-electron chi connectivity index (χ4n) is 1.81. The average molecular weight is 296 g/mol. The molecular weight excluding hydrogens is 281 g/mol. The van der Waals surface area contributed by atoms with Gasteiger partial charge in [0.15, 0.2) is 0 Å². The third kappa shape index (κ3) is 3.63. The van der Waals surface area contributed by atoms with Gasteiger partial charge in [0, 0.05) is 15.6 Å². The molecule has 0 fully saturated rings. The maximum Gasteiger partial charge on any atom is 0.113 e. The second-order valence-electron chi connectivity index (χ2n) is 4.12. The molecule has 1 atom stereocenters. The quantitative estimate of drug-likeness (QED) is 0.737. The van der Waals surface area contributed by atoms with Crippen LogP contribution in [0, 0.1) is 0 Å². The Hall–Kier alpha value is -1.22. The molecule has 0 heterocycles. The number of para-hydroxylation sites is 1. The second-order valence-corrected chi connectivity index (χ2v) is 4.93. The summed E-state index contributed by atoms with van der Waals surface area (Å²) in [6, 6.07) is 15.2. The van der Waals surface area contributed by atoms with E-state index in [2.05, 4.69) is 5.48 Å². The predicted molar refractivity (Wildman–Crippen MR) is 80.6 cm³/mol. The first-order valence-electron chi connectivity index (χ1n) is 6.13. The van der Waals surface area contributed by atoms with Crippen molar-refractivity contribution in [1.29, 1.82) is 0 Å². The van der Waals surface area contributed by atoms with Gasteiger partial charge in [-0.25, -0.2) is 0 Å². The standard InChI is InChI=1S/C15H15Cl2NO/c1-2-14(15-12(16)9-6-10-13(15)17)19-18-11-7-4-3-5-8-11/h3-10,14,18H,2H2,1H3. The minimum atomic E-state index is -0.193. The lowest BCUT2D eigenvalue weighted by molar-refractivity contribution is 0.0971. The van der Waals surface area contributed by atoms with Gasteiger partial charge in [-0.1, -0.05) is 54.4 Å². The molecule has 0 aromatic heterocycles. The lowest BCUT2D eigenvalue weighted by Crippen LogP contribution is -2.10. The van der Waals surface area contributed by atoms with E-state index in [0.29, 0.717) is 10.0 Å². The molecule has 1 N–H and O–H groups in total. The van der Waals surface area contributed by atoms with Gasteiger partial charge in [-0.15, -0.1) is 0 Å². The maximum absolute atomic E-state index is 6.19. The third-order valence-corrected chi connectivity index (χ3v) is 3.44. The summed E-state index contributed by atoms with van der Waals surface area (Å²) in [7, 11) is 0. The van der Waals surface area contributed by atoms with Crippen molar-refractivity contribution in [2.24, 2.45) is 0 Å². The zero-order chi connectivity index (χ0) is 13.7. The van der Waals surface area contributed by atoms with E-state index in [1.54, 1.807) is 0 Å². The molecule has 2 aromatic carbocycles. The molecule has 1 unspecified atom stereocenters. The average Bonchev–Trinajstić information content (AvgIpc) is 2.43. The van der Waals surface area contributed by atoms with Gasteiger partial charge in [0.2, 0.25) is 0 Å². The van der Waals surface area contributed by atoms with Gasteiger partial charge >= 0.3 is 0 Å². The molecule has 0 saturated carbocycles. The van der Waals surface area contributed by atoms with Crippen molar-refractivity contribution in [3.8, 4) is 0 Å². The van der Waals surface area contributed by atoms with Crippen LogP contribution < -0.4 is 5.48 Å². The molecule has 2 rings (SSSR count). The van der Waals surface area contributed by atoms with Crippen molar-refractivity contribution in [2.45, 2.75) is 19.4 Å². The van der Waals surface area contributed by atoms with Gasteiger partial charge in [0.1, 0.15) is 6.10 Å². The molecule has 0 aliphatic rings. The Bertz CT molecular complexity index is 511. The zero-order valence-corrected chi connectivity index (χ0v) is 12.1. The summed E-state index contributed by atoms with van der Waals surface area (Å²) in [5.41, 5.74) is 4.64. The molecule has 100 valence electrons. The number of halogens is 2. The molecule has 2 aromatic rings. The summed E-state index contributed by atoms with van der Waals surface area (Å²) in [5, 5.41) is 1.24. The molecule has 0 spiro atoms. The fourth-order valence-corrected chi connectivity index (χ4v) is 2.45. The van der Waals surface area contributed by atoms with Crippen molar-refractivity contribution in [2.75, 3.05) is 5.48 Å². The molecule has 0 bridgehead atoms. The first-order chi connectivity index (χ1) is 9.22. The van der Waals surface area contributed by atoms with Crippen LogP contribution in [0.1, 0.15) is 25.0 Å². The maximum atomic E-state index is 6.19. The number of anilines is 1. The Kier molecular flexibility index (Phi) is 5.08. The first kappa shape index (κ1) is 14.2. The lowest BCUT2D eigenvalue weighted by atomic mass is 10.1. The minimum Gasteiger partial charge on any atom is -0.268 e. The molecule has 0 amide bonds. The smallest absolute Gasteiger partial charge is 0.113 e. The van der Waals surface area contributed by atoms with Gasteiger partial charge < -0.3 is 0 Å². The van der Waals surface area contributed by atoms with Crippen LogP contribution in [0.25, 0.3) is 0 Å². The highest BCUT2D eigenvalue weighted by atomic mass is 35.5. The van der Waals surface area contributed by atoms with Crippen molar-refractivity contribution in [3.63, 3.8) is 0 Å². The lowest BCUT2D eigenvalue weighted by Gasteiger charge is -2.19. The van der Waals surface area contributed by atoms with E-state index in [1.807, 2.05) is 55.5 Å². The van der Waals surface area contributed by atoms with E-state index in [1.165, 1.54) is 0 Å². The Morgan fingerprint density at radius 2 is 1.63 bits per heavy atom. The predicted octanol–water partition coefficient (Wildman–Crippen LogP) is 5.49. The molecular formula is C15H15Cl2NO. The molecule has 0 saturated heterocycles. The van der Waals surface area contributed by atoms with Crippen LogP contribution in [0.4, 0.5) is 5.69 Å². The van der Waals surface area contributed by atoms with Gasteiger partial charge in [-0.3, -0.25) is 10.3 Å². The summed E-state index contributed by atoms with van der Waals surface area (Å²) in [6.45, 7) is 2.02. The van der Waals surface area contributed by atoms with E-state index in [9.17, 15) is 0 Å².